The summed E-state index contributed by atoms with van der Waals surface area (Å²) in [6.45, 7) is 3.48. The summed E-state index contributed by atoms with van der Waals surface area (Å²) in [5.41, 5.74) is 3.69. The Kier molecular flexibility index (Phi) is 5.33. The minimum Gasteiger partial charge on any atom is -0.376 e. The third-order valence-electron chi connectivity index (χ3n) is 4.34. The number of carbonyl (C=O) groups is 2. The smallest absolute Gasteiger partial charge is 0.251 e. The Labute approximate surface area is 148 Å². The highest BCUT2D eigenvalue weighted by molar-refractivity contribution is 5.97. The lowest BCUT2D eigenvalue weighted by molar-refractivity contribution is -0.117. The van der Waals surface area contributed by atoms with Crippen LogP contribution in [0.2, 0.25) is 0 Å². The Morgan fingerprint density at radius 2 is 1.84 bits per heavy atom. The lowest BCUT2D eigenvalue weighted by Gasteiger charge is -2.29. The molecule has 5 nitrogen and oxygen atoms in total. The predicted octanol–water partition coefficient (Wildman–Crippen LogP) is 2.83. The first kappa shape index (κ1) is 17.0. The van der Waals surface area contributed by atoms with Gasteiger partial charge in [-0.15, -0.1) is 0 Å². The van der Waals surface area contributed by atoms with E-state index in [2.05, 4.69) is 16.7 Å². The number of anilines is 2. The van der Waals surface area contributed by atoms with Gasteiger partial charge in [0.1, 0.15) is 0 Å². The quantitative estimate of drug-likeness (QED) is 0.882. The third kappa shape index (κ3) is 3.99. The summed E-state index contributed by atoms with van der Waals surface area (Å²) in [5, 5.41) is 5.91. The van der Waals surface area contributed by atoms with E-state index in [0.29, 0.717) is 12.1 Å². The van der Waals surface area contributed by atoms with Gasteiger partial charge in [-0.05, 0) is 55.7 Å². The van der Waals surface area contributed by atoms with Gasteiger partial charge in [0.05, 0.1) is 6.54 Å². The summed E-state index contributed by atoms with van der Waals surface area (Å²) in [6.07, 6.45) is 2.01. The molecule has 0 bridgehead atoms. The van der Waals surface area contributed by atoms with Crippen LogP contribution in [0.1, 0.15) is 29.3 Å². The zero-order chi connectivity index (χ0) is 17.6. The zero-order valence-corrected chi connectivity index (χ0v) is 14.4. The molecule has 1 heterocycles. The van der Waals surface area contributed by atoms with Gasteiger partial charge in [-0.3, -0.25) is 9.59 Å². The van der Waals surface area contributed by atoms with E-state index < -0.39 is 0 Å². The van der Waals surface area contributed by atoms with Crippen molar-refractivity contribution in [3.63, 3.8) is 0 Å². The Balaban J connectivity index is 1.61. The van der Waals surface area contributed by atoms with Crippen molar-refractivity contribution in [3.8, 4) is 0 Å². The van der Waals surface area contributed by atoms with Gasteiger partial charge in [0.15, 0.2) is 0 Å². The number of hydrogen-bond acceptors (Lipinski definition) is 3. The van der Waals surface area contributed by atoms with E-state index in [4.69, 9.17) is 0 Å². The Hall–Kier alpha value is -2.82. The molecule has 130 valence electrons. The number of aryl methyl sites for hydroxylation is 1. The molecule has 2 aromatic carbocycles. The van der Waals surface area contributed by atoms with Crippen LogP contribution in [0.4, 0.5) is 11.4 Å². The molecule has 0 radical (unpaired) electrons. The van der Waals surface area contributed by atoms with Crippen molar-refractivity contribution in [2.24, 2.45) is 0 Å². The van der Waals surface area contributed by atoms with Crippen molar-refractivity contribution >= 4 is 23.2 Å². The van der Waals surface area contributed by atoms with Gasteiger partial charge in [0.25, 0.3) is 5.91 Å². The first-order valence-corrected chi connectivity index (χ1v) is 8.69. The molecule has 0 fully saturated rings. The van der Waals surface area contributed by atoms with Crippen molar-refractivity contribution in [3.05, 3.63) is 59.7 Å². The van der Waals surface area contributed by atoms with Crippen LogP contribution in [-0.2, 0) is 11.2 Å². The van der Waals surface area contributed by atoms with E-state index in [1.54, 1.807) is 12.1 Å². The summed E-state index contributed by atoms with van der Waals surface area (Å²) < 4.78 is 0. The van der Waals surface area contributed by atoms with E-state index in [9.17, 15) is 9.59 Å². The lowest BCUT2D eigenvalue weighted by atomic mass is 10.0. The van der Waals surface area contributed by atoms with Crippen molar-refractivity contribution in [2.45, 2.75) is 19.8 Å². The van der Waals surface area contributed by atoms with Gasteiger partial charge in [0.2, 0.25) is 5.91 Å². The van der Waals surface area contributed by atoms with Crippen LogP contribution in [-0.4, -0.2) is 31.4 Å². The number of nitrogens with one attached hydrogen (secondary N) is 2. The van der Waals surface area contributed by atoms with E-state index in [1.807, 2.05) is 42.2 Å². The predicted molar refractivity (Wildman–Crippen MR) is 100 cm³/mol. The maximum Gasteiger partial charge on any atom is 0.251 e. The molecule has 1 aliphatic heterocycles. The van der Waals surface area contributed by atoms with Crippen LogP contribution in [0, 0.1) is 0 Å². The number of rotatable bonds is 5. The molecule has 2 aromatic rings. The fourth-order valence-electron chi connectivity index (χ4n) is 3.07. The average molecular weight is 337 g/mol. The molecule has 0 saturated carbocycles. The molecule has 0 spiro atoms. The number of nitrogens with zero attached hydrogens (tertiary/aromatic N) is 1. The zero-order valence-electron chi connectivity index (χ0n) is 14.4. The SMILES string of the molecule is CCNC(=O)c1ccc(NCC(=O)N2CCCc3ccccc32)cc1. The fraction of sp³-hybridized carbons (Fsp3) is 0.300. The second-order valence-corrected chi connectivity index (χ2v) is 6.07. The molecule has 2 N–H and O–H groups in total. The van der Waals surface area contributed by atoms with Crippen molar-refractivity contribution in [1.82, 2.24) is 5.32 Å². The van der Waals surface area contributed by atoms with Crippen LogP contribution < -0.4 is 15.5 Å². The number of hydrogen-bond donors (Lipinski definition) is 2. The maximum atomic E-state index is 12.6. The number of para-hydroxylation sites is 1. The summed E-state index contributed by atoms with van der Waals surface area (Å²) in [4.78, 5) is 26.2. The highest BCUT2D eigenvalue weighted by Crippen LogP contribution is 2.26. The molecule has 0 aliphatic carbocycles. The molecule has 1 aliphatic rings. The normalized spacial score (nSPS) is 13.1. The van der Waals surface area contributed by atoms with Crippen LogP contribution >= 0.6 is 0 Å². The van der Waals surface area contributed by atoms with E-state index in [-0.39, 0.29) is 18.4 Å². The minimum atomic E-state index is -0.0879. The highest BCUT2D eigenvalue weighted by Gasteiger charge is 2.21. The summed E-state index contributed by atoms with van der Waals surface area (Å²) in [6, 6.07) is 15.2. The molecular formula is C20H23N3O2. The number of carbonyl (C=O) groups excluding carboxylic acids is 2. The fourth-order valence-corrected chi connectivity index (χ4v) is 3.07. The lowest BCUT2D eigenvalue weighted by Crippen LogP contribution is -2.39. The molecule has 0 aromatic heterocycles. The van der Waals surface area contributed by atoms with Crippen LogP contribution in [0.5, 0.6) is 0 Å². The summed E-state index contributed by atoms with van der Waals surface area (Å²) in [5.74, 6) is -0.0324. The highest BCUT2D eigenvalue weighted by atomic mass is 16.2. The van der Waals surface area contributed by atoms with Crippen LogP contribution in [0.25, 0.3) is 0 Å². The third-order valence-corrected chi connectivity index (χ3v) is 4.34. The van der Waals surface area contributed by atoms with Gasteiger partial charge in [-0.25, -0.2) is 0 Å². The largest absolute Gasteiger partial charge is 0.376 e. The summed E-state index contributed by atoms with van der Waals surface area (Å²) >= 11 is 0. The Morgan fingerprint density at radius 3 is 2.60 bits per heavy atom. The van der Waals surface area contributed by atoms with Gasteiger partial charge in [0, 0.05) is 30.0 Å². The van der Waals surface area contributed by atoms with Gasteiger partial charge in [-0.2, -0.15) is 0 Å². The monoisotopic (exact) mass is 337 g/mol. The minimum absolute atomic E-state index is 0.0555. The molecule has 25 heavy (non-hydrogen) atoms. The molecule has 5 heteroatoms. The number of fused-ring (bicyclic) bond motifs is 1. The topological polar surface area (TPSA) is 61.4 Å². The van der Waals surface area contributed by atoms with Crippen molar-refractivity contribution in [2.75, 3.05) is 29.9 Å². The van der Waals surface area contributed by atoms with E-state index >= 15 is 0 Å². The van der Waals surface area contributed by atoms with E-state index in [0.717, 1.165) is 30.8 Å². The Bertz CT molecular complexity index is 756. The maximum absolute atomic E-state index is 12.6. The molecule has 0 atom stereocenters. The Morgan fingerprint density at radius 1 is 1.08 bits per heavy atom. The van der Waals surface area contributed by atoms with Gasteiger partial charge >= 0.3 is 0 Å². The second kappa shape index (κ2) is 7.83. The second-order valence-electron chi connectivity index (χ2n) is 6.07. The van der Waals surface area contributed by atoms with Crippen LogP contribution in [0.15, 0.2) is 48.5 Å². The average Bonchev–Trinajstić information content (AvgIpc) is 2.66. The molecule has 2 amide bonds. The first-order valence-electron chi connectivity index (χ1n) is 8.69. The number of amides is 2. The number of benzene rings is 2. The molecule has 0 unspecified atom stereocenters. The first-order chi connectivity index (χ1) is 12.2. The summed E-state index contributed by atoms with van der Waals surface area (Å²) in [7, 11) is 0. The molecular weight excluding hydrogens is 314 g/mol. The van der Waals surface area contributed by atoms with Gasteiger partial charge < -0.3 is 15.5 Å². The van der Waals surface area contributed by atoms with Gasteiger partial charge in [-0.1, -0.05) is 18.2 Å². The molecule has 3 rings (SSSR count). The van der Waals surface area contributed by atoms with Crippen molar-refractivity contribution in [1.29, 1.82) is 0 Å². The van der Waals surface area contributed by atoms with Crippen LogP contribution in [0.3, 0.4) is 0 Å². The standard InChI is InChI=1S/C20H23N3O2/c1-2-21-20(25)16-9-11-17(12-10-16)22-14-19(24)23-13-5-7-15-6-3-4-8-18(15)23/h3-4,6,8-12,22H,2,5,7,13-14H2,1H3,(H,21,25). The van der Waals surface area contributed by atoms with Crippen molar-refractivity contribution < 1.29 is 9.59 Å². The molecule has 0 saturated heterocycles. The van der Waals surface area contributed by atoms with E-state index in [1.165, 1.54) is 5.56 Å².